The van der Waals surface area contributed by atoms with Gasteiger partial charge >= 0.3 is 0 Å². The fourth-order valence-corrected chi connectivity index (χ4v) is 2.13. The smallest absolute Gasteiger partial charge is 0.255 e. The van der Waals surface area contributed by atoms with Gasteiger partial charge in [0.25, 0.3) is 5.91 Å². The summed E-state index contributed by atoms with van der Waals surface area (Å²) in [7, 11) is 0. The third kappa shape index (κ3) is 2.98. The Morgan fingerprint density at radius 2 is 2.19 bits per heavy atom. The van der Waals surface area contributed by atoms with Crippen LogP contribution in [0.2, 0.25) is 0 Å². The number of alkyl halides is 1. The van der Waals surface area contributed by atoms with E-state index >= 15 is 0 Å². The van der Waals surface area contributed by atoms with E-state index in [0.29, 0.717) is 24.5 Å². The molecule has 0 atom stereocenters. The summed E-state index contributed by atoms with van der Waals surface area (Å²) in [6.45, 7) is 5.18. The molecule has 0 aliphatic heterocycles. The van der Waals surface area contributed by atoms with E-state index in [-0.39, 0.29) is 5.91 Å². The summed E-state index contributed by atoms with van der Waals surface area (Å²) in [5.74, 6) is 0.488. The van der Waals surface area contributed by atoms with Crippen LogP contribution in [0, 0.1) is 6.92 Å². The highest BCUT2D eigenvalue weighted by molar-refractivity contribution is 9.10. The zero-order valence-corrected chi connectivity index (χ0v) is 11.8. The van der Waals surface area contributed by atoms with E-state index in [2.05, 4.69) is 15.9 Å². The Kier molecular flexibility index (Phi) is 5.29. The van der Waals surface area contributed by atoms with Crippen LogP contribution in [0.1, 0.15) is 22.8 Å². The summed E-state index contributed by atoms with van der Waals surface area (Å²) in [5, 5.41) is 0. The number of carbonyl (C=O) groups excluding carboxylic acids is 1. The van der Waals surface area contributed by atoms with E-state index in [9.17, 15) is 4.79 Å². The zero-order valence-electron chi connectivity index (χ0n) is 9.46. The summed E-state index contributed by atoms with van der Waals surface area (Å²) in [6.07, 6.45) is 0. The first-order valence-corrected chi connectivity index (χ1v) is 6.55. The summed E-state index contributed by atoms with van der Waals surface area (Å²) < 4.78 is 0.869. The molecule has 0 aliphatic carbocycles. The van der Waals surface area contributed by atoms with Gasteiger partial charge in [0.2, 0.25) is 0 Å². The molecule has 0 heterocycles. The molecule has 4 heteroatoms. The molecule has 16 heavy (non-hydrogen) atoms. The van der Waals surface area contributed by atoms with Gasteiger partial charge in [-0.25, -0.2) is 0 Å². The van der Waals surface area contributed by atoms with Crippen molar-refractivity contribution in [3.8, 4) is 0 Å². The minimum Gasteiger partial charge on any atom is -0.338 e. The van der Waals surface area contributed by atoms with Crippen LogP contribution in [-0.2, 0) is 0 Å². The number of benzene rings is 1. The van der Waals surface area contributed by atoms with Crippen molar-refractivity contribution in [3.05, 3.63) is 33.8 Å². The maximum atomic E-state index is 12.2. The molecule has 0 N–H and O–H groups in total. The standard InChI is InChI=1S/C12H15BrClNO/c1-3-15(8-7-14)12(16)10-6-4-5-9(2)11(10)13/h4-6H,3,7-8H2,1-2H3. The SMILES string of the molecule is CCN(CCCl)C(=O)c1cccc(C)c1Br. The fourth-order valence-electron chi connectivity index (χ4n) is 1.49. The van der Waals surface area contributed by atoms with Crippen LogP contribution >= 0.6 is 27.5 Å². The second kappa shape index (κ2) is 6.26. The maximum Gasteiger partial charge on any atom is 0.255 e. The largest absolute Gasteiger partial charge is 0.338 e. The van der Waals surface area contributed by atoms with Crippen molar-refractivity contribution in [2.75, 3.05) is 19.0 Å². The third-order valence-electron chi connectivity index (χ3n) is 2.45. The minimum absolute atomic E-state index is 0.0266. The lowest BCUT2D eigenvalue weighted by Crippen LogP contribution is -2.32. The van der Waals surface area contributed by atoms with E-state index in [1.165, 1.54) is 0 Å². The molecular weight excluding hydrogens is 289 g/mol. The highest BCUT2D eigenvalue weighted by Crippen LogP contribution is 2.22. The average Bonchev–Trinajstić information content (AvgIpc) is 2.29. The van der Waals surface area contributed by atoms with Crippen molar-refractivity contribution < 1.29 is 4.79 Å². The fraction of sp³-hybridized carbons (Fsp3) is 0.417. The van der Waals surface area contributed by atoms with Gasteiger partial charge in [-0.2, -0.15) is 0 Å². The lowest BCUT2D eigenvalue weighted by atomic mass is 10.1. The molecule has 0 aromatic heterocycles. The molecule has 0 bridgehead atoms. The van der Waals surface area contributed by atoms with Gasteiger partial charge in [-0.15, -0.1) is 11.6 Å². The van der Waals surface area contributed by atoms with Gasteiger partial charge in [-0.3, -0.25) is 4.79 Å². The lowest BCUT2D eigenvalue weighted by molar-refractivity contribution is 0.0773. The van der Waals surface area contributed by atoms with E-state index in [4.69, 9.17) is 11.6 Å². The number of hydrogen-bond donors (Lipinski definition) is 0. The van der Waals surface area contributed by atoms with Crippen LogP contribution in [-0.4, -0.2) is 29.8 Å². The molecule has 88 valence electrons. The molecule has 0 radical (unpaired) electrons. The molecule has 0 unspecified atom stereocenters. The number of amides is 1. The van der Waals surface area contributed by atoms with Crippen LogP contribution in [0.4, 0.5) is 0 Å². The molecule has 1 aromatic rings. The van der Waals surface area contributed by atoms with Crippen LogP contribution in [0.25, 0.3) is 0 Å². The topological polar surface area (TPSA) is 20.3 Å². The first kappa shape index (κ1) is 13.5. The Hall–Kier alpha value is -0.540. The zero-order chi connectivity index (χ0) is 12.1. The van der Waals surface area contributed by atoms with E-state index in [1.807, 2.05) is 32.0 Å². The van der Waals surface area contributed by atoms with Gasteiger partial charge in [0.15, 0.2) is 0 Å². The Balaban J connectivity index is 2.99. The summed E-state index contributed by atoms with van der Waals surface area (Å²) >= 11 is 9.12. The van der Waals surface area contributed by atoms with Gasteiger partial charge in [0, 0.05) is 23.4 Å². The van der Waals surface area contributed by atoms with Crippen molar-refractivity contribution in [2.45, 2.75) is 13.8 Å². The lowest BCUT2D eigenvalue weighted by Gasteiger charge is -2.20. The molecular formula is C12H15BrClNO. The summed E-state index contributed by atoms with van der Waals surface area (Å²) in [6, 6.07) is 5.69. The monoisotopic (exact) mass is 303 g/mol. The number of rotatable bonds is 4. The van der Waals surface area contributed by atoms with E-state index in [0.717, 1.165) is 10.0 Å². The number of hydrogen-bond acceptors (Lipinski definition) is 1. The Labute approximate surface area is 110 Å². The van der Waals surface area contributed by atoms with E-state index in [1.54, 1.807) is 4.90 Å². The highest BCUT2D eigenvalue weighted by Gasteiger charge is 2.16. The summed E-state index contributed by atoms with van der Waals surface area (Å²) in [4.78, 5) is 13.9. The molecule has 1 aromatic carbocycles. The normalized spacial score (nSPS) is 10.2. The van der Waals surface area contributed by atoms with Gasteiger partial charge < -0.3 is 4.90 Å². The van der Waals surface area contributed by atoms with Crippen LogP contribution < -0.4 is 0 Å². The third-order valence-corrected chi connectivity index (χ3v) is 3.67. The Morgan fingerprint density at radius 3 is 2.75 bits per heavy atom. The summed E-state index contributed by atoms with van der Waals surface area (Å²) in [5.41, 5.74) is 1.76. The predicted octanol–water partition coefficient (Wildman–Crippen LogP) is 3.46. The second-order valence-electron chi connectivity index (χ2n) is 3.51. The quantitative estimate of drug-likeness (QED) is 0.780. The average molecular weight is 305 g/mol. The Morgan fingerprint density at radius 1 is 1.50 bits per heavy atom. The second-order valence-corrected chi connectivity index (χ2v) is 4.68. The first-order valence-electron chi connectivity index (χ1n) is 5.22. The van der Waals surface area contributed by atoms with Gasteiger partial charge in [-0.1, -0.05) is 12.1 Å². The highest BCUT2D eigenvalue weighted by atomic mass is 79.9. The van der Waals surface area contributed by atoms with Gasteiger partial charge in [0.05, 0.1) is 5.56 Å². The molecule has 0 fully saturated rings. The minimum atomic E-state index is 0.0266. The van der Waals surface area contributed by atoms with Gasteiger partial charge in [-0.05, 0) is 41.4 Å². The van der Waals surface area contributed by atoms with E-state index < -0.39 is 0 Å². The molecule has 0 saturated carbocycles. The molecule has 1 amide bonds. The molecule has 0 saturated heterocycles. The van der Waals surface area contributed by atoms with Crippen molar-refractivity contribution in [2.24, 2.45) is 0 Å². The van der Waals surface area contributed by atoms with Crippen molar-refractivity contribution in [1.29, 1.82) is 0 Å². The van der Waals surface area contributed by atoms with Crippen molar-refractivity contribution in [3.63, 3.8) is 0 Å². The number of carbonyl (C=O) groups is 1. The van der Waals surface area contributed by atoms with Crippen molar-refractivity contribution >= 4 is 33.4 Å². The molecule has 0 aliphatic rings. The number of aryl methyl sites for hydroxylation is 1. The predicted molar refractivity (Wildman–Crippen MR) is 71.2 cm³/mol. The van der Waals surface area contributed by atoms with Crippen LogP contribution in [0.15, 0.2) is 22.7 Å². The van der Waals surface area contributed by atoms with Crippen molar-refractivity contribution in [1.82, 2.24) is 4.90 Å². The Bertz CT molecular complexity index is 381. The number of halogens is 2. The first-order chi connectivity index (χ1) is 7.61. The van der Waals surface area contributed by atoms with Gasteiger partial charge in [0.1, 0.15) is 0 Å². The van der Waals surface area contributed by atoms with Crippen LogP contribution in [0.5, 0.6) is 0 Å². The maximum absolute atomic E-state index is 12.2. The molecule has 1 rings (SSSR count). The molecule has 0 spiro atoms. The van der Waals surface area contributed by atoms with Crippen LogP contribution in [0.3, 0.4) is 0 Å². The number of nitrogens with zero attached hydrogens (tertiary/aromatic N) is 1. The molecule has 2 nitrogen and oxygen atoms in total.